The van der Waals surface area contributed by atoms with Crippen LogP contribution in [0.4, 0.5) is 5.69 Å². The van der Waals surface area contributed by atoms with Crippen molar-refractivity contribution in [2.45, 2.75) is 13.8 Å². The van der Waals surface area contributed by atoms with Gasteiger partial charge in [0.15, 0.2) is 0 Å². The molecule has 3 N–H and O–H groups in total. The van der Waals surface area contributed by atoms with Crippen LogP contribution in [0.3, 0.4) is 0 Å². The van der Waals surface area contributed by atoms with Crippen LogP contribution < -0.4 is 10.7 Å². The summed E-state index contributed by atoms with van der Waals surface area (Å²) in [5.41, 5.74) is 1.37. The Labute approximate surface area is 152 Å². The van der Waals surface area contributed by atoms with Crippen LogP contribution in [0.5, 0.6) is 0 Å². The van der Waals surface area contributed by atoms with E-state index >= 15 is 0 Å². The third-order valence-electron chi connectivity index (χ3n) is 2.64. The van der Waals surface area contributed by atoms with Crippen LogP contribution in [0.1, 0.15) is 13.8 Å². The monoisotopic (exact) mass is 388 g/mol. The lowest BCUT2D eigenvalue weighted by atomic mass is 10.2. The van der Waals surface area contributed by atoms with Gasteiger partial charge < -0.3 is 15.3 Å². The average molecular weight is 389 g/mol. The molecule has 0 saturated carbocycles. The number of nitrogens with one attached hydrogen (secondary N) is 2. The summed E-state index contributed by atoms with van der Waals surface area (Å²) >= 11 is 11.7. The smallest absolute Gasteiger partial charge is 0.362 e. The van der Waals surface area contributed by atoms with Crippen molar-refractivity contribution in [2.75, 3.05) is 11.9 Å². The molecule has 0 heterocycles. The summed E-state index contributed by atoms with van der Waals surface area (Å²) in [7, 11) is 0. The summed E-state index contributed by atoms with van der Waals surface area (Å²) in [6, 6.07) is 4.50. The number of hydrazone groups is 1. The lowest BCUT2D eigenvalue weighted by Crippen LogP contribution is -2.34. The molecule has 1 rings (SSSR count). The minimum atomic E-state index is -1.14. The van der Waals surface area contributed by atoms with Gasteiger partial charge in [0.05, 0.1) is 28.1 Å². The molecule has 25 heavy (non-hydrogen) atoms. The Bertz CT molecular complexity index is 749. The molecular formula is C14H14Cl2N4O5. The second-order valence-corrected chi connectivity index (χ2v) is 5.15. The van der Waals surface area contributed by atoms with E-state index in [1.165, 1.54) is 25.1 Å². The zero-order valence-electron chi connectivity index (χ0n) is 13.2. The molecule has 1 aromatic carbocycles. The highest BCUT2D eigenvalue weighted by atomic mass is 35.5. The Morgan fingerprint density at radius 2 is 1.92 bits per heavy atom. The van der Waals surface area contributed by atoms with Gasteiger partial charge in [0.1, 0.15) is 0 Å². The molecule has 0 radical (unpaired) electrons. The zero-order valence-corrected chi connectivity index (χ0v) is 14.7. The Morgan fingerprint density at radius 3 is 2.52 bits per heavy atom. The summed E-state index contributed by atoms with van der Waals surface area (Å²) in [4.78, 5) is 35.0. The number of carbonyl (C=O) groups is 3. The van der Waals surface area contributed by atoms with E-state index in [0.29, 0.717) is 0 Å². The van der Waals surface area contributed by atoms with E-state index < -0.39 is 23.5 Å². The van der Waals surface area contributed by atoms with Crippen molar-refractivity contribution in [1.29, 1.82) is 0 Å². The molecule has 1 aromatic rings. The summed E-state index contributed by atoms with van der Waals surface area (Å²) < 4.78 is 4.64. The third-order valence-corrected chi connectivity index (χ3v) is 3.46. The van der Waals surface area contributed by atoms with Gasteiger partial charge in [-0.1, -0.05) is 34.4 Å². The number of halogens is 2. The van der Waals surface area contributed by atoms with Crippen LogP contribution in [0.25, 0.3) is 0 Å². The highest BCUT2D eigenvalue weighted by Gasteiger charge is 2.19. The molecular weight excluding hydrogens is 375 g/mol. The van der Waals surface area contributed by atoms with Crippen molar-refractivity contribution in [3.63, 3.8) is 0 Å². The molecule has 0 fully saturated rings. The first-order valence-corrected chi connectivity index (χ1v) is 7.56. The number of nitrogens with zero attached hydrogens (tertiary/aromatic N) is 2. The summed E-state index contributed by atoms with van der Waals surface area (Å²) in [5, 5.41) is 17.6. The third kappa shape index (κ3) is 5.73. The Balaban J connectivity index is 2.76. The van der Waals surface area contributed by atoms with Crippen LogP contribution in [0.2, 0.25) is 10.0 Å². The Hall–Kier alpha value is -2.65. The van der Waals surface area contributed by atoms with Gasteiger partial charge >= 0.3 is 17.8 Å². The highest BCUT2D eigenvalue weighted by Crippen LogP contribution is 2.29. The van der Waals surface area contributed by atoms with Crippen LogP contribution >= 0.6 is 23.2 Å². The van der Waals surface area contributed by atoms with Crippen molar-refractivity contribution >= 4 is 58.1 Å². The lowest BCUT2D eigenvalue weighted by molar-refractivity contribution is -0.136. The number of oxime groups is 1. The van der Waals surface area contributed by atoms with Crippen LogP contribution in [-0.4, -0.2) is 41.0 Å². The molecule has 0 unspecified atom stereocenters. The number of carbonyl (C=O) groups excluding carboxylic acids is 3. The minimum Gasteiger partial charge on any atom is -0.461 e. The molecule has 0 spiro atoms. The fourth-order valence-electron chi connectivity index (χ4n) is 1.48. The summed E-state index contributed by atoms with van der Waals surface area (Å²) in [5.74, 6) is -3.15. The maximum Gasteiger partial charge on any atom is 0.362 e. The van der Waals surface area contributed by atoms with E-state index in [2.05, 4.69) is 20.3 Å². The normalized spacial score (nSPS) is 11.7. The predicted molar refractivity (Wildman–Crippen MR) is 92.2 cm³/mol. The van der Waals surface area contributed by atoms with Crippen LogP contribution in [0, 0.1) is 0 Å². The van der Waals surface area contributed by atoms with Gasteiger partial charge in [0.25, 0.3) is 0 Å². The van der Waals surface area contributed by atoms with E-state index in [4.69, 9.17) is 28.4 Å². The van der Waals surface area contributed by atoms with E-state index in [-0.39, 0.29) is 28.1 Å². The largest absolute Gasteiger partial charge is 0.461 e. The van der Waals surface area contributed by atoms with Crippen LogP contribution in [-0.2, 0) is 19.1 Å². The van der Waals surface area contributed by atoms with Crippen molar-refractivity contribution < 1.29 is 24.3 Å². The lowest BCUT2D eigenvalue weighted by Gasteiger charge is -2.07. The van der Waals surface area contributed by atoms with Crippen molar-refractivity contribution in [3.05, 3.63) is 28.2 Å². The Morgan fingerprint density at radius 1 is 1.24 bits per heavy atom. The molecule has 0 saturated heterocycles. The number of anilines is 1. The fraction of sp³-hybridized carbons (Fsp3) is 0.214. The van der Waals surface area contributed by atoms with Gasteiger partial charge in [0, 0.05) is 0 Å². The van der Waals surface area contributed by atoms with Crippen molar-refractivity contribution in [2.24, 2.45) is 10.3 Å². The molecule has 0 aliphatic carbocycles. The number of rotatable bonds is 5. The second-order valence-electron chi connectivity index (χ2n) is 4.36. The maximum atomic E-state index is 11.8. The van der Waals surface area contributed by atoms with Crippen molar-refractivity contribution in [3.8, 4) is 0 Å². The quantitative estimate of drug-likeness (QED) is 0.233. The Kier molecular flexibility index (Phi) is 7.83. The van der Waals surface area contributed by atoms with Gasteiger partial charge in [-0.3, -0.25) is 9.59 Å². The molecule has 9 nitrogen and oxygen atoms in total. The molecule has 0 aromatic heterocycles. The second kappa shape index (κ2) is 9.60. The molecule has 11 heteroatoms. The first-order chi connectivity index (χ1) is 11.8. The molecule has 2 amide bonds. The fourth-order valence-corrected chi connectivity index (χ4v) is 1.83. The first-order valence-electron chi connectivity index (χ1n) is 6.81. The number of amides is 2. The minimum absolute atomic E-state index is 0.0558. The molecule has 0 aliphatic heterocycles. The predicted octanol–water partition coefficient (Wildman–Crippen LogP) is 1.82. The van der Waals surface area contributed by atoms with Gasteiger partial charge in [0.2, 0.25) is 5.71 Å². The first kappa shape index (κ1) is 20.4. The highest BCUT2D eigenvalue weighted by molar-refractivity contribution is 6.65. The number of ether oxygens (including phenoxy) is 1. The maximum absolute atomic E-state index is 11.8. The molecule has 134 valence electrons. The average Bonchev–Trinajstić information content (AvgIpc) is 2.57. The van der Waals surface area contributed by atoms with Gasteiger partial charge in [-0.25, -0.2) is 10.2 Å². The van der Waals surface area contributed by atoms with E-state index in [9.17, 15) is 14.4 Å². The molecule has 0 bridgehead atoms. The summed E-state index contributed by atoms with van der Waals surface area (Å²) in [6.07, 6.45) is 0. The number of hydrogen-bond acceptors (Lipinski definition) is 7. The van der Waals surface area contributed by atoms with E-state index in [1.54, 1.807) is 6.92 Å². The van der Waals surface area contributed by atoms with Gasteiger partial charge in [-0.15, -0.1) is 0 Å². The SMILES string of the molecule is CCOC(=O)C(=N\O)/C(C)=N/NC(=O)C(=O)Nc1cccc(Cl)c1Cl. The number of benzene rings is 1. The van der Waals surface area contributed by atoms with E-state index in [0.717, 1.165) is 0 Å². The van der Waals surface area contributed by atoms with Crippen LogP contribution in [0.15, 0.2) is 28.5 Å². The molecule has 0 atom stereocenters. The number of hydrogen-bond donors (Lipinski definition) is 3. The zero-order chi connectivity index (χ0) is 19.0. The molecule has 0 aliphatic rings. The summed E-state index contributed by atoms with van der Waals surface area (Å²) in [6.45, 7) is 2.89. The van der Waals surface area contributed by atoms with Gasteiger partial charge in [-0.05, 0) is 26.0 Å². The number of esters is 1. The van der Waals surface area contributed by atoms with Crippen molar-refractivity contribution in [1.82, 2.24) is 5.43 Å². The topological polar surface area (TPSA) is 129 Å². The standard InChI is InChI=1S/C14H14Cl2N4O5/c1-3-25-14(23)11(20-24)7(2)18-19-13(22)12(21)17-9-6-4-5-8(15)10(9)16/h4-6,24H,3H2,1-2H3,(H,17,21)(H,19,22)/b18-7+,20-11-. The van der Waals surface area contributed by atoms with E-state index in [1.807, 2.05) is 5.43 Å². The van der Waals surface area contributed by atoms with Gasteiger partial charge in [-0.2, -0.15) is 5.10 Å².